The average Bonchev–Trinajstić information content (AvgIpc) is 2.70. The number of carbonyl (C=O) groups excluding carboxylic acids is 1. The molecule has 1 heterocycles. The molecule has 2 aromatic carbocycles. The lowest BCUT2D eigenvalue weighted by atomic mass is 10.1. The van der Waals surface area contributed by atoms with Gasteiger partial charge in [0.25, 0.3) is 5.91 Å². The summed E-state index contributed by atoms with van der Waals surface area (Å²) in [7, 11) is -2.45. The monoisotopic (exact) mass is 438 g/mol. The van der Waals surface area contributed by atoms with Crippen LogP contribution in [0.25, 0.3) is 0 Å². The number of rotatable bonds is 5. The van der Waals surface area contributed by atoms with Crippen LogP contribution in [0.4, 0.5) is 5.69 Å². The van der Waals surface area contributed by atoms with Crippen molar-refractivity contribution in [1.82, 2.24) is 4.31 Å². The Morgan fingerprint density at radius 1 is 1.24 bits per heavy atom. The highest BCUT2D eigenvalue weighted by atomic mass is 35.5. The van der Waals surface area contributed by atoms with Gasteiger partial charge in [0.15, 0.2) is 0 Å². The number of phenols is 1. The third kappa shape index (κ3) is 4.49. The molecule has 7 nitrogen and oxygen atoms in total. The van der Waals surface area contributed by atoms with Crippen molar-refractivity contribution < 1.29 is 23.1 Å². The molecule has 2 aromatic rings. The maximum atomic E-state index is 13.3. The molecule has 1 atom stereocenters. The molecule has 0 aromatic heterocycles. The van der Waals surface area contributed by atoms with Crippen LogP contribution in [0.1, 0.15) is 36.5 Å². The lowest BCUT2D eigenvalue weighted by Crippen LogP contribution is -2.42. The fraction of sp³-hybridized carbons (Fsp3) is 0.350. The predicted molar refractivity (Wildman–Crippen MR) is 111 cm³/mol. The van der Waals surface area contributed by atoms with Gasteiger partial charge < -0.3 is 15.2 Å². The van der Waals surface area contributed by atoms with Crippen molar-refractivity contribution in [2.45, 2.75) is 37.1 Å². The molecule has 2 N–H and O–H groups in total. The fourth-order valence-electron chi connectivity index (χ4n) is 3.38. The molecular formula is C20H23ClN2O5S. The Labute approximate surface area is 175 Å². The molecule has 1 amide bonds. The Bertz CT molecular complexity index is 1030. The van der Waals surface area contributed by atoms with E-state index in [0.29, 0.717) is 11.6 Å². The third-order valence-electron chi connectivity index (χ3n) is 4.96. The number of carbonyl (C=O) groups is 1. The van der Waals surface area contributed by atoms with Crippen LogP contribution < -0.4 is 10.1 Å². The van der Waals surface area contributed by atoms with E-state index in [4.69, 9.17) is 16.3 Å². The number of anilines is 1. The quantitative estimate of drug-likeness (QED) is 0.691. The Balaban J connectivity index is 1.96. The van der Waals surface area contributed by atoms with Crippen molar-refractivity contribution in [1.29, 1.82) is 0 Å². The van der Waals surface area contributed by atoms with E-state index in [9.17, 15) is 18.3 Å². The lowest BCUT2D eigenvalue weighted by Gasteiger charge is -2.32. The van der Waals surface area contributed by atoms with Crippen molar-refractivity contribution in [3.63, 3.8) is 0 Å². The van der Waals surface area contributed by atoms with Crippen LogP contribution in [-0.2, 0) is 10.0 Å². The highest BCUT2D eigenvalue weighted by Crippen LogP contribution is 2.32. The smallest absolute Gasteiger partial charge is 0.255 e. The molecule has 0 spiro atoms. The van der Waals surface area contributed by atoms with Crippen molar-refractivity contribution in [3.05, 3.63) is 47.0 Å². The van der Waals surface area contributed by atoms with Gasteiger partial charge in [-0.2, -0.15) is 4.31 Å². The van der Waals surface area contributed by atoms with Crippen molar-refractivity contribution in [3.8, 4) is 11.5 Å². The number of sulfonamides is 1. The molecule has 1 aliphatic heterocycles. The maximum Gasteiger partial charge on any atom is 0.255 e. The Kier molecular flexibility index (Phi) is 6.36. The van der Waals surface area contributed by atoms with E-state index >= 15 is 0 Å². The average molecular weight is 439 g/mol. The summed E-state index contributed by atoms with van der Waals surface area (Å²) in [6.07, 6.45) is 2.56. The van der Waals surface area contributed by atoms with Crippen LogP contribution in [0.2, 0.25) is 5.02 Å². The molecule has 3 rings (SSSR count). The topological polar surface area (TPSA) is 95.9 Å². The number of halogens is 1. The van der Waals surface area contributed by atoms with Gasteiger partial charge in [-0.1, -0.05) is 18.0 Å². The number of nitrogens with zero attached hydrogens (tertiary/aromatic N) is 1. The summed E-state index contributed by atoms with van der Waals surface area (Å²) < 4.78 is 33.2. The van der Waals surface area contributed by atoms with Crippen LogP contribution in [0.15, 0.2) is 41.3 Å². The van der Waals surface area contributed by atoms with E-state index in [1.54, 1.807) is 0 Å². The van der Waals surface area contributed by atoms with Crippen molar-refractivity contribution >= 4 is 33.2 Å². The van der Waals surface area contributed by atoms with E-state index in [-0.39, 0.29) is 33.7 Å². The molecule has 0 saturated carbocycles. The molecule has 1 aliphatic rings. The first kappa shape index (κ1) is 21.4. The molecular weight excluding hydrogens is 416 g/mol. The van der Waals surface area contributed by atoms with Gasteiger partial charge in [-0.05, 0) is 56.2 Å². The van der Waals surface area contributed by atoms with Crippen molar-refractivity contribution in [2.24, 2.45) is 0 Å². The molecule has 1 fully saturated rings. The molecule has 156 valence electrons. The Morgan fingerprint density at radius 3 is 2.69 bits per heavy atom. The summed E-state index contributed by atoms with van der Waals surface area (Å²) in [5.74, 6) is -0.551. The number of nitrogens with one attached hydrogen (secondary N) is 1. The second kappa shape index (κ2) is 8.61. The standard InChI is InChI=1S/C20H23ClN2O5S/c1-13-5-3-4-10-23(13)29(26,27)19-11-14(6-9-18(19)28-2)20(25)22-16-12-15(21)7-8-17(16)24/h6-9,11-13,24H,3-5,10H2,1-2H3,(H,22,25). The van der Waals surface area contributed by atoms with E-state index < -0.39 is 15.9 Å². The van der Waals surface area contributed by atoms with Gasteiger partial charge in [0.1, 0.15) is 16.4 Å². The van der Waals surface area contributed by atoms with E-state index in [2.05, 4.69) is 5.32 Å². The maximum absolute atomic E-state index is 13.3. The number of aromatic hydroxyl groups is 1. The minimum atomic E-state index is -3.84. The highest BCUT2D eigenvalue weighted by molar-refractivity contribution is 7.89. The number of benzene rings is 2. The first-order valence-corrected chi connectivity index (χ1v) is 11.1. The molecule has 9 heteroatoms. The predicted octanol–water partition coefficient (Wildman–Crippen LogP) is 3.87. The van der Waals surface area contributed by atoms with Crippen LogP contribution >= 0.6 is 11.6 Å². The number of phenolic OH excluding ortho intramolecular Hbond substituents is 1. The second-order valence-electron chi connectivity index (χ2n) is 6.94. The normalized spacial score (nSPS) is 17.7. The van der Waals surface area contributed by atoms with Gasteiger partial charge >= 0.3 is 0 Å². The molecule has 1 saturated heterocycles. The first-order chi connectivity index (χ1) is 13.7. The molecule has 0 radical (unpaired) electrons. The third-order valence-corrected chi connectivity index (χ3v) is 7.23. The van der Waals surface area contributed by atoms with Gasteiger partial charge in [0.2, 0.25) is 10.0 Å². The molecule has 0 bridgehead atoms. The van der Waals surface area contributed by atoms with Crippen molar-refractivity contribution in [2.75, 3.05) is 19.0 Å². The van der Waals surface area contributed by atoms with Crippen LogP contribution in [-0.4, -0.2) is 43.4 Å². The summed E-state index contributed by atoms with van der Waals surface area (Å²) >= 11 is 5.91. The fourth-order valence-corrected chi connectivity index (χ4v) is 5.43. The number of hydrogen-bond donors (Lipinski definition) is 2. The number of methoxy groups -OCH3 is 1. The number of amides is 1. The summed E-state index contributed by atoms with van der Waals surface area (Å²) in [4.78, 5) is 12.6. The van der Waals surface area contributed by atoms with Gasteiger partial charge in [0.05, 0.1) is 12.8 Å². The molecule has 1 unspecified atom stereocenters. The summed E-state index contributed by atoms with van der Waals surface area (Å²) in [6.45, 7) is 2.31. The zero-order chi connectivity index (χ0) is 21.2. The van der Waals surface area contributed by atoms with E-state index in [0.717, 1.165) is 19.3 Å². The number of hydrogen-bond acceptors (Lipinski definition) is 5. The minimum Gasteiger partial charge on any atom is -0.506 e. The molecule has 29 heavy (non-hydrogen) atoms. The molecule has 0 aliphatic carbocycles. The summed E-state index contributed by atoms with van der Waals surface area (Å²) in [6, 6.07) is 8.35. The SMILES string of the molecule is COc1ccc(C(=O)Nc2cc(Cl)ccc2O)cc1S(=O)(=O)N1CCCCC1C. The van der Waals surface area contributed by atoms with Gasteiger partial charge in [-0.15, -0.1) is 0 Å². The van der Waals surface area contributed by atoms with Crippen LogP contribution in [0, 0.1) is 0 Å². The second-order valence-corrected chi connectivity index (χ2v) is 9.24. The van der Waals surface area contributed by atoms with E-state index in [1.807, 2.05) is 6.92 Å². The summed E-state index contributed by atoms with van der Waals surface area (Å²) in [5.41, 5.74) is 0.251. The zero-order valence-electron chi connectivity index (χ0n) is 16.2. The van der Waals surface area contributed by atoms with E-state index in [1.165, 1.54) is 47.8 Å². The Hall–Kier alpha value is -2.29. The number of piperidine rings is 1. The van der Waals surface area contributed by atoms with Gasteiger partial charge in [-0.25, -0.2) is 8.42 Å². The first-order valence-electron chi connectivity index (χ1n) is 9.24. The van der Waals surface area contributed by atoms with Crippen LogP contribution in [0.3, 0.4) is 0 Å². The minimum absolute atomic E-state index is 0.0586. The Morgan fingerprint density at radius 2 is 2.00 bits per heavy atom. The van der Waals surface area contributed by atoms with Crippen LogP contribution in [0.5, 0.6) is 11.5 Å². The van der Waals surface area contributed by atoms with Gasteiger partial charge in [-0.3, -0.25) is 4.79 Å². The summed E-state index contributed by atoms with van der Waals surface area (Å²) in [5, 5.41) is 12.8. The zero-order valence-corrected chi connectivity index (χ0v) is 17.8. The van der Waals surface area contributed by atoms with Gasteiger partial charge in [0, 0.05) is 23.2 Å². The number of ether oxygens (including phenoxy) is 1. The highest BCUT2D eigenvalue weighted by Gasteiger charge is 2.33. The lowest BCUT2D eigenvalue weighted by molar-refractivity contribution is 0.102. The largest absolute Gasteiger partial charge is 0.506 e.